The summed E-state index contributed by atoms with van der Waals surface area (Å²) >= 11 is 3.48. The number of hydrogen-bond donors (Lipinski definition) is 0. The number of halogens is 4. The lowest BCUT2D eigenvalue weighted by molar-refractivity contribution is -0.186. The highest BCUT2D eigenvalue weighted by Gasteiger charge is 2.42. The Kier molecular flexibility index (Phi) is 3.84. The monoisotopic (exact) mass is 347 g/mol. The highest BCUT2D eigenvalue weighted by molar-refractivity contribution is 9.10. The number of aryl methyl sites for hydroxylation is 1. The van der Waals surface area contributed by atoms with Gasteiger partial charge in [0.05, 0.1) is 5.92 Å². The Labute approximate surface area is 125 Å². The van der Waals surface area contributed by atoms with Gasteiger partial charge in [-0.2, -0.15) is 13.2 Å². The largest absolute Gasteiger partial charge is 0.391 e. The molecule has 0 spiro atoms. The quantitative estimate of drug-likeness (QED) is 0.710. The van der Waals surface area contributed by atoms with Crippen LogP contribution in [0.25, 0.3) is 0 Å². The van der Waals surface area contributed by atoms with E-state index >= 15 is 0 Å². The van der Waals surface area contributed by atoms with Crippen molar-refractivity contribution < 1.29 is 13.2 Å². The van der Waals surface area contributed by atoms with Crippen molar-refractivity contribution in [2.45, 2.75) is 37.9 Å². The Morgan fingerprint density at radius 2 is 1.80 bits per heavy atom. The average molecular weight is 348 g/mol. The van der Waals surface area contributed by atoms with E-state index in [1.807, 2.05) is 6.07 Å². The van der Waals surface area contributed by atoms with E-state index in [1.54, 1.807) is 0 Å². The van der Waals surface area contributed by atoms with Crippen LogP contribution in [0.3, 0.4) is 0 Å². The molecule has 1 aromatic rings. The van der Waals surface area contributed by atoms with Crippen molar-refractivity contribution in [1.82, 2.24) is 4.90 Å². The summed E-state index contributed by atoms with van der Waals surface area (Å²) in [6.45, 7) is 1.11. The molecule has 1 atom stereocenters. The lowest BCUT2D eigenvalue weighted by atomic mass is 9.94. The van der Waals surface area contributed by atoms with E-state index in [2.05, 4.69) is 33.0 Å². The van der Waals surface area contributed by atoms with E-state index in [4.69, 9.17) is 0 Å². The van der Waals surface area contributed by atoms with E-state index in [9.17, 15) is 13.2 Å². The molecule has 110 valence electrons. The maximum absolute atomic E-state index is 12.7. The smallest absolute Gasteiger partial charge is 0.296 e. The fourth-order valence-electron chi connectivity index (χ4n) is 3.47. The molecular formula is C15H17BrF3N. The molecule has 0 bridgehead atoms. The third kappa shape index (κ3) is 2.75. The summed E-state index contributed by atoms with van der Waals surface area (Å²) in [5, 5.41) is 0. The number of fused-ring (bicyclic) bond motifs is 1. The normalized spacial score (nSPS) is 24.9. The predicted molar refractivity (Wildman–Crippen MR) is 75.6 cm³/mol. The summed E-state index contributed by atoms with van der Waals surface area (Å²) < 4.78 is 39.2. The molecule has 1 saturated heterocycles. The first-order valence-corrected chi connectivity index (χ1v) is 7.83. The molecule has 1 aliphatic carbocycles. The van der Waals surface area contributed by atoms with Crippen LogP contribution >= 0.6 is 15.9 Å². The Hall–Kier alpha value is -0.550. The topological polar surface area (TPSA) is 3.24 Å². The van der Waals surface area contributed by atoms with Crippen molar-refractivity contribution in [3.8, 4) is 0 Å². The van der Waals surface area contributed by atoms with Gasteiger partial charge in [0.1, 0.15) is 0 Å². The van der Waals surface area contributed by atoms with Gasteiger partial charge in [0.25, 0.3) is 0 Å². The Morgan fingerprint density at radius 3 is 2.45 bits per heavy atom. The summed E-state index contributed by atoms with van der Waals surface area (Å²) in [6.07, 6.45) is -1.48. The predicted octanol–water partition coefficient (Wildman–Crippen LogP) is 4.71. The molecular weight excluding hydrogens is 331 g/mol. The first-order chi connectivity index (χ1) is 9.45. The van der Waals surface area contributed by atoms with Gasteiger partial charge >= 0.3 is 6.18 Å². The number of alkyl halides is 3. The fraction of sp³-hybridized carbons (Fsp3) is 0.600. The van der Waals surface area contributed by atoms with Crippen LogP contribution in [-0.4, -0.2) is 24.2 Å². The maximum atomic E-state index is 12.7. The molecule has 5 heteroatoms. The zero-order valence-corrected chi connectivity index (χ0v) is 12.7. The summed E-state index contributed by atoms with van der Waals surface area (Å²) in [5.74, 6) is -1.11. The van der Waals surface area contributed by atoms with Crippen LogP contribution in [0, 0.1) is 5.92 Å². The van der Waals surface area contributed by atoms with E-state index < -0.39 is 12.1 Å². The number of piperidine rings is 1. The number of likely N-dealkylation sites (tertiary alicyclic amines) is 1. The van der Waals surface area contributed by atoms with Gasteiger partial charge in [0.2, 0.25) is 0 Å². The number of hydrogen-bond acceptors (Lipinski definition) is 1. The Morgan fingerprint density at radius 1 is 1.10 bits per heavy atom. The van der Waals surface area contributed by atoms with Crippen molar-refractivity contribution in [3.05, 3.63) is 33.8 Å². The molecule has 0 N–H and O–H groups in total. The van der Waals surface area contributed by atoms with Crippen molar-refractivity contribution in [2.24, 2.45) is 5.92 Å². The van der Waals surface area contributed by atoms with Gasteiger partial charge in [-0.1, -0.05) is 22.0 Å². The van der Waals surface area contributed by atoms with Crippen LogP contribution in [0.1, 0.15) is 36.4 Å². The third-order valence-corrected chi connectivity index (χ3v) is 5.08. The lowest BCUT2D eigenvalue weighted by Crippen LogP contribution is -2.40. The Balaban J connectivity index is 1.70. The van der Waals surface area contributed by atoms with Crippen molar-refractivity contribution >= 4 is 15.9 Å². The van der Waals surface area contributed by atoms with E-state index in [1.165, 1.54) is 11.1 Å². The standard InChI is InChI=1S/C15H17BrF3N/c16-12-3-1-10-2-4-14(13(10)9-12)20-7-5-11(6-8-20)15(17,18)19/h1,3,9,11,14H,2,4-8H2. The summed E-state index contributed by atoms with van der Waals surface area (Å²) in [7, 11) is 0. The van der Waals surface area contributed by atoms with Crippen molar-refractivity contribution in [2.75, 3.05) is 13.1 Å². The first-order valence-electron chi connectivity index (χ1n) is 7.04. The first kappa shape index (κ1) is 14.4. The van der Waals surface area contributed by atoms with E-state index in [0.29, 0.717) is 19.1 Å². The molecule has 0 amide bonds. The number of benzene rings is 1. The van der Waals surface area contributed by atoms with Crippen LogP contribution in [0.15, 0.2) is 22.7 Å². The molecule has 0 aromatic heterocycles. The van der Waals surface area contributed by atoms with Crippen LogP contribution < -0.4 is 0 Å². The van der Waals surface area contributed by atoms with Crippen molar-refractivity contribution in [1.29, 1.82) is 0 Å². The summed E-state index contributed by atoms with van der Waals surface area (Å²) in [4.78, 5) is 2.24. The summed E-state index contributed by atoms with van der Waals surface area (Å²) in [6, 6.07) is 6.60. The van der Waals surface area contributed by atoms with Crippen LogP contribution in [0.5, 0.6) is 0 Å². The molecule has 1 aliphatic heterocycles. The second kappa shape index (κ2) is 5.34. The van der Waals surface area contributed by atoms with E-state index in [0.717, 1.165) is 17.3 Å². The molecule has 1 nitrogen and oxygen atoms in total. The molecule has 1 heterocycles. The molecule has 3 rings (SSSR count). The van der Waals surface area contributed by atoms with Gasteiger partial charge in [0, 0.05) is 10.5 Å². The lowest BCUT2D eigenvalue weighted by Gasteiger charge is -2.37. The third-order valence-electron chi connectivity index (χ3n) is 4.59. The average Bonchev–Trinajstić information content (AvgIpc) is 2.81. The summed E-state index contributed by atoms with van der Waals surface area (Å²) in [5.41, 5.74) is 2.64. The molecule has 1 unspecified atom stereocenters. The van der Waals surface area contributed by atoms with Gasteiger partial charge in [-0.15, -0.1) is 0 Å². The van der Waals surface area contributed by atoms with Gasteiger partial charge in [-0.05, 0) is 62.0 Å². The number of rotatable bonds is 1. The molecule has 1 fully saturated rings. The van der Waals surface area contributed by atoms with Gasteiger partial charge in [0.15, 0.2) is 0 Å². The minimum Gasteiger partial charge on any atom is -0.296 e. The number of nitrogens with zero attached hydrogens (tertiary/aromatic N) is 1. The van der Waals surface area contributed by atoms with Crippen LogP contribution in [-0.2, 0) is 6.42 Å². The van der Waals surface area contributed by atoms with Gasteiger partial charge < -0.3 is 0 Å². The van der Waals surface area contributed by atoms with Crippen molar-refractivity contribution in [3.63, 3.8) is 0 Å². The van der Waals surface area contributed by atoms with Crippen LogP contribution in [0.4, 0.5) is 13.2 Å². The molecule has 0 radical (unpaired) electrons. The zero-order chi connectivity index (χ0) is 14.3. The second-order valence-corrected chi connectivity index (χ2v) is 6.67. The Bertz CT molecular complexity index is 492. The highest BCUT2D eigenvalue weighted by Crippen LogP contribution is 2.41. The molecule has 2 aliphatic rings. The maximum Gasteiger partial charge on any atom is 0.391 e. The van der Waals surface area contributed by atoms with Gasteiger partial charge in [-0.25, -0.2) is 0 Å². The van der Waals surface area contributed by atoms with Gasteiger partial charge in [-0.3, -0.25) is 4.90 Å². The fourth-order valence-corrected chi connectivity index (χ4v) is 3.85. The highest BCUT2D eigenvalue weighted by atomic mass is 79.9. The zero-order valence-electron chi connectivity index (χ0n) is 11.1. The molecule has 1 aromatic carbocycles. The SMILES string of the molecule is FC(F)(F)C1CCN(C2CCc3ccc(Br)cc32)CC1. The molecule has 20 heavy (non-hydrogen) atoms. The minimum atomic E-state index is -4.03. The second-order valence-electron chi connectivity index (χ2n) is 5.75. The minimum absolute atomic E-state index is 0.239. The van der Waals surface area contributed by atoms with Crippen LogP contribution in [0.2, 0.25) is 0 Å². The molecule has 0 saturated carbocycles. The van der Waals surface area contributed by atoms with E-state index in [-0.39, 0.29) is 12.8 Å².